The first-order chi connectivity index (χ1) is 11.7. The van der Waals surface area contributed by atoms with Gasteiger partial charge in [0.25, 0.3) is 5.91 Å². The lowest BCUT2D eigenvalue weighted by Gasteiger charge is -2.29. The van der Waals surface area contributed by atoms with Gasteiger partial charge >= 0.3 is 0 Å². The molecule has 1 amide bonds. The number of hydrogen-bond donors (Lipinski definition) is 1. The molecule has 1 atom stereocenters. The van der Waals surface area contributed by atoms with E-state index in [1.54, 1.807) is 18.5 Å². The van der Waals surface area contributed by atoms with Crippen LogP contribution in [-0.4, -0.2) is 64.6 Å². The fourth-order valence-electron chi connectivity index (χ4n) is 2.67. The van der Waals surface area contributed by atoms with Crippen LogP contribution in [0.4, 0.5) is 0 Å². The third-order valence-corrected chi connectivity index (χ3v) is 3.85. The lowest BCUT2D eigenvalue weighted by atomic mass is 10.2. The summed E-state index contributed by atoms with van der Waals surface area (Å²) in [5, 5.41) is 3.01. The van der Waals surface area contributed by atoms with E-state index in [4.69, 9.17) is 4.74 Å². The molecule has 0 aliphatic carbocycles. The smallest absolute Gasteiger partial charge is 0.270 e. The van der Waals surface area contributed by atoms with Gasteiger partial charge in [-0.05, 0) is 19.1 Å². The van der Waals surface area contributed by atoms with E-state index in [1.165, 1.54) is 6.33 Å². The van der Waals surface area contributed by atoms with Crippen LogP contribution in [0, 0.1) is 0 Å². The number of nitrogens with one attached hydrogen (secondary N) is 1. The van der Waals surface area contributed by atoms with E-state index in [0.29, 0.717) is 11.4 Å². The molecular weight excluding hydrogens is 306 g/mol. The van der Waals surface area contributed by atoms with E-state index < -0.39 is 0 Å². The zero-order valence-electron chi connectivity index (χ0n) is 13.7. The Bertz CT molecular complexity index is 674. The largest absolute Gasteiger partial charge is 0.379 e. The highest BCUT2D eigenvalue weighted by Gasteiger charge is 2.16. The highest BCUT2D eigenvalue weighted by molar-refractivity contribution is 5.93. The van der Waals surface area contributed by atoms with Crippen molar-refractivity contribution in [1.82, 2.24) is 25.2 Å². The minimum atomic E-state index is -0.172. The molecule has 0 radical (unpaired) electrons. The van der Waals surface area contributed by atoms with Gasteiger partial charge in [0.1, 0.15) is 12.0 Å². The van der Waals surface area contributed by atoms with Crippen molar-refractivity contribution in [2.24, 2.45) is 0 Å². The van der Waals surface area contributed by atoms with Gasteiger partial charge in [-0.3, -0.25) is 9.69 Å². The summed E-state index contributed by atoms with van der Waals surface area (Å²) in [7, 11) is 0. The summed E-state index contributed by atoms with van der Waals surface area (Å²) in [6, 6.07) is 5.41. The molecule has 0 bridgehead atoms. The molecule has 1 fully saturated rings. The maximum atomic E-state index is 12.4. The first-order valence-electron chi connectivity index (χ1n) is 8.06. The molecule has 2 aromatic heterocycles. The van der Waals surface area contributed by atoms with Crippen LogP contribution < -0.4 is 5.32 Å². The number of ether oxygens (including phenoxy) is 1. The van der Waals surface area contributed by atoms with Crippen molar-refractivity contribution in [2.75, 3.05) is 32.8 Å². The Kier molecular flexibility index (Phi) is 5.45. The Hall–Kier alpha value is -2.38. The van der Waals surface area contributed by atoms with Crippen molar-refractivity contribution >= 4 is 5.91 Å². The third kappa shape index (κ3) is 4.33. The SMILES string of the molecule is C[C@@H](CN1CCOCC1)NC(=O)c1cccc(-c2cncnc2)n1. The van der Waals surface area contributed by atoms with Crippen LogP contribution in [0.15, 0.2) is 36.9 Å². The summed E-state index contributed by atoms with van der Waals surface area (Å²) >= 11 is 0. The van der Waals surface area contributed by atoms with Gasteiger partial charge in [-0.15, -0.1) is 0 Å². The predicted octanol–water partition coefficient (Wildman–Crippen LogP) is 0.989. The lowest BCUT2D eigenvalue weighted by molar-refractivity contribution is 0.0342. The molecule has 126 valence electrons. The van der Waals surface area contributed by atoms with Crippen LogP contribution in [0.2, 0.25) is 0 Å². The van der Waals surface area contributed by atoms with Crippen LogP contribution in [0.3, 0.4) is 0 Å². The first-order valence-corrected chi connectivity index (χ1v) is 8.06. The molecule has 3 heterocycles. The molecule has 24 heavy (non-hydrogen) atoms. The average Bonchev–Trinajstić information content (AvgIpc) is 2.63. The molecule has 2 aromatic rings. The Morgan fingerprint density at radius 1 is 1.29 bits per heavy atom. The van der Waals surface area contributed by atoms with E-state index in [-0.39, 0.29) is 11.9 Å². The Balaban J connectivity index is 1.62. The standard InChI is InChI=1S/C17H21N5O2/c1-13(11-22-5-7-24-8-6-22)20-17(23)16-4-2-3-15(21-16)14-9-18-12-19-10-14/h2-4,9-10,12-13H,5-8,11H2,1H3,(H,20,23)/t13-/m0/s1. The van der Waals surface area contributed by atoms with Crippen LogP contribution in [0.5, 0.6) is 0 Å². The molecule has 1 aliphatic rings. The van der Waals surface area contributed by atoms with Crippen molar-refractivity contribution in [3.05, 3.63) is 42.6 Å². The number of nitrogens with zero attached hydrogens (tertiary/aromatic N) is 4. The number of hydrogen-bond acceptors (Lipinski definition) is 6. The zero-order chi connectivity index (χ0) is 16.8. The first kappa shape index (κ1) is 16.5. The van der Waals surface area contributed by atoms with Gasteiger partial charge in [0, 0.05) is 43.6 Å². The molecule has 0 aromatic carbocycles. The topological polar surface area (TPSA) is 80.2 Å². The number of morpholine rings is 1. The second-order valence-corrected chi connectivity index (χ2v) is 5.82. The van der Waals surface area contributed by atoms with Crippen LogP contribution in [0.25, 0.3) is 11.3 Å². The normalized spacial score (nSPS) is 16.5. The van der Waals surface area contributed by atoms with Gasteiger partial charge in [0.2, 0.25) is 0 Å². The van der Waals surface area contributed by atoms with Crippen molar-refractivity contribution < 1.29 is 9.53 Å². The van der Waals surface area contributed by atoms with Gasteiger partial charge < -0.3 is 10.1 Å². The Morgan fingerprint density at radius 3 is 2.79 bits per heavy atom. The quantitative estimate of drug-likeness (QED) is 0.882. The summed E-state index contributed by atoms with van der Waals surface area (Å²) in [6.45, 7) is 6.13. The molecule has 3 rings (SSSR count). The van der Waals surface area contributed by atoms with Crippen molar-refractivity contribution in [1.29, 1.82) is 0 Å². The fraction of sp³-hybridized carbons (Fsp3) is 0.412. The monoisotopic (exact) mass is 327 g/mol. The van der Waals surface area contributed by atoms with E-state index in [2.05, 4.69) is 25.2 Å². The molecule has 0 saturated carbocycles. The molecule has 1 N–H and O–H groups in total. The lowest BCUT2D eigenvalue weighted by Crippen LogP contribution is -2.46. The number of rotatable bonds is 5. The average molecular weight is 327 g/mol. The Morgan fingerprint density at radius 2 is 2.04 bits per heavy atom. The molecular formula is C17H21N5O2. The van der Waals surface area contributed by atoms with E-state index in [9.17, 15) is 4.79 Å². The second kappa shape index (κ2) is 7.94. The summed E-state index contributed by atoms with van der Waals surface area (Å²) in [4.78, 5) is 27.1. The van der Waals surface area contributed by atoms with E-state index in [0.717, 1.165) is 38.4 Å². The highest BCUT2D eigenvalue weighted by atomic mass is 16.5. The highest BCUT2D eigenvalue weighted by Crippen LogP contribution is 2.14. The van der Waals surface area contributed by atoms with Gasteiger partial charge in [-0.1, -0.05) is 6.07 Å². The second-order valence-electron chi connectivity index (χ2n) is 5.82. The van der Waals surface area contributed by atoms with Crippen LogP contribution in [0.1, 0.15) is 17.4 Å². The zero-order valence-corrected chi connectivity index (χ0v) is 13.7. The van der Waals surface area contributed by atoms with E-state index >= 15 is 0 Å². The summed E-state index contributed by atoms with van der Waals surface area (Å²) in [5.41, 5.74) is 1.86. The molecule has 0 unspecified atom stereocenters. The number of amides is 1. The fourth-order valence-corrected chi connectivity index (χ4v) is 2.67. The molecule has 0 spiro atoms. The van der Waals surface area contributed by atoms with Crippen LogP contribution in [-0.2, 0) is 4.74 Å². The maximum absolute atomic E-state index is 12.4. The van der Waals surface area contributed by atoms with Gasteiger partial charge in [-0.25, -0.2) is 15.0 Å². The molecule has 1 aliphatic heterocycles. The van der Waals surface area contributed by atoms with Crippen molar-refractivity contribution in [2.45, 2.75) is 13.0 Å². The minimum Gasteiger partial charge on any atom is -0.379 e. The van der Waals surface area contributed by atoms with Gasteiger partial charge in [0.15, 0.2) is 0 Å². The summed E-state index contributed by atoms with van der Waals surface area (Å²) in [5.74, 6) is -0.172. The molecule has 1 saturated heterocycles. The summed E-state index contributed by atoms with van der Waals surface area (Å²) in [6.07, 6.45) is 4.82. The minimum absolute atomic E-state index is 0.0427. The Labute approximate surface area is 141 Å². The molecule has 7 heteroatoms. The van der Waals surface area contributed by atoms with Gasteiger partial charge in [-0.2, -0.15) is 0 Å². The van der Waals surface area contributed by atoms with Gasteiger partial charge in [0.05, 0.1) is 18.9 Å². The van der Waals surface area contributed by atoms with Crippen LogP contribution >= 0.6 is 0 Å². The number of aromatic nitrogens is 3. The number of carbonyl (C=O) groups excluding carboxylic acids is 1. The van der Waals surface area contributed by atoms with Crippen molar-refractivity contribution in [3.63, 3.8) is 0 Å². The number of pyridine rings is 1. The number of carbonyl (C=O) groups is 1. The summed E-state index contributed by atoms with van der Waals surface area (Å²) < 4.78 is 5.34. The third-order valence-electron chi connectivity index (χ3n) is 3.85. The molecule has 7 nitrogen and oxygen atoms in total. The van der Waals surface area contributed by atoms with Crippen molar-refractivity contribution in [3.8, 4) is 11.3 Å². The predicted molar refractivity (Wildman–Crippen MR) is 89.5 cm³/mol. The van der Waals surface area contributed by atoms with E-state index in [1.807, 2.05) is 19.1 Å². The maximum Gasteiger partial charge on any atom is 0.270 e.